The van der Waals surface area contributed by atoms with Crippen LogP contribution in [0.3, 0.4) is 0 Å². The minimum absolute atomic E-state index is 0.0154. The predicted octanol–water partition coefficient (Wildman–Crippen LogP) is 22.8. The van der Waals surface area contributed by atoms with E-state index in [4.69, 9.17) is 9.72 Å². The van der Waals surface area contributed by atoms with Gasteiger partial charge in [0, 0.05) is 114 Å². The third-order valence-electron chi connectivity index (χ3n) is 28.8. The molecule has 25 nitrogen and oxygen atoms in total. The number of carbonyl (C=O) groups excluding carboxylic acids is 8. The number of anilines is 3. The summed E-state index contributed by atoms with van der Waals surface area (Å²) in [6, 6.07) is 79.1. The fraction of sp³-hybridized carbons (Fsp3) is 0.316. The van der Waals surface area contributed by atoms with Crippen LogP contribution in [0.1, 0.15) is 239 Å². The van der Waals surface area contributed by atoms with Crippen molar-refractivity contribution >= 4 is 108 Å². The molecule has 0 spiro atoms. The summed E-state index contributed by atoms with van der Waals surface area (Å²) >= 11 is 0. The number of benzene rings is 11. The van der Waals surface area contributed by atoms with E-state index in [0.29, 0.717) is 97.4 Å². The third kappa shape index (κ3) is 23.4. The fourth-order valence-electron chi connectivity index (χ4n) is 20.3. The first kappa shape index (κ1) is 94.2. The SMILES string of the molecule is CC1CCC(NC(=O)c2ccc(-c3nc4ccc(C(=O)Nc5ccccc5)cc4[nH]3)cc2)CC1.CC1CCCCC1NC(=O)c1ccc(-c2nc3ccc(C(=O)Nc4ccccc4)cc3[nH]2)cc1.CC1CCCCC1NC(=O)c1ccc2nc(-c3ccc(C(=O)NC4CC5CCC4C5)cc3)[nH]c2c1.COc1ccc(NC(=O)c2ccc(-c3nc4ccc(C(=O)NC5CCCCC5C)cc4[nH]3)cc2)cc1. The van der Waals surface area contributed by atoms with Gasteiger partial charge in [-0.1, -0.05) is 158 Å². The topological polar surface area (TPSA) is 357 Å². The Balaban J connectivity index is 0.000000123. The van der Waals surface area contributed by atoms with Crippen molar-refractivity contribution in [1.29, 1.82) is 0 Å². The van der Waals surface area contributed by atoms with E-state index in [2.05, 4.69) is 105 Å². The minimum atomic E-state index is -0.195. The lowest BCUT2D eigenvalue weighted by Crippen LogP contribution is -2.41. The van der Waals surface area contributed by atoms with Crippen LogP contribution in [-0.4, -0.2) is 124 Å². The molecule has 139 heavy (non-hydrogen) atoms. The van der Waals surface area contributed by atoms with Crippen molar-refractivity contribution in [3.8, 4) is 51.3 Å². The van der Waals surface area contributed by atoms with Gasteiger partial charge in [-0.3, -0.25) is 38.4 Å². The molecule has 0 radical (unpaired) electrons. The molecule has 6 fully saturated rings. The molecule has 15 aromatic rings. The Bertz CT molecular complexity index is 6890. The second-order valence-corrected chi connectivity index (χ2v) is 38.6. The first-order chi connectivity index (χ1) is 67.6. The molecule has 6 saturated carbocycles. The Hall–Kier alpha value is -15.1. The first-order valence-electron chi connectivity index (χ1n) is 49.3. The van der Waals surface area contributed by atoms with Crippen molar-refractivity contribution in [3.63, 3.8) is 0 Å². The van der Waals surface area contributed by atoms with Crippen LogP contribution < -0.4 is 47.3 Å². The Morgan fingerprint density at radius 3 is 0.899 bits per heavy atom. The highest BCUT2D eigenvalue weighted by Gasteiger charge is 2.40. The van der Waals surface area contributed by atoms with Gasteiger partial charge in [0.15, 0.2) is 0 Å². The summed E-state index contributed by atoms with van der Waals surface area (Å²) in [6.45, 7) is 8.92. The molecule has 21 rings (SSSR count). The first-order valence-corrected chi connectivity index (χ1v) is 49.3. The van der Waals surface area contributed by atoms with Gasteiger partial charge < -0.3 is 67.2 Å². The van der Waals surface area contributed by atoms with Crippen molar-refractivity contribution in [3.05, 3.63) is 299 Å². The van der Waals surface area contributed by atoms with Gasteiger partial charge in [0.2, 0.25) is 0 Å². The molecule has 11 aromatic carbocycles. The lowest BCUT2D eigenvalue weighted by molar-refractivity contribution is 0.0902. The molecule has 710 valence electrons. The van der Waals surface area contributed by atoms with Gasteiger partial charge in [-0.2, -0.15) is 0 Å². The van der Waals surface area contributed by atoms with Crippen molar-refractivity contribution in [2.75, 3.05) is 23.1 Å². The number of rotatable bonds is 21. The number of fused-ring (bicyclic) bond motifs is 6. The van der Waals surface area contributed by atoms with Crippen LogP contribution in [0.25, 0.3) is 89.7 Å². The van der Waals surface area contributed by atoms with Crippen molar-refractivity contribution in [2.45, 2.75) is 186 Å². The third-order valence-corrected chi connectivity index (χ3v) is 28.8. The quantitative estimate of drug-likeness (QED) is 0.0319. The van der Waals surface area contributed by atoms with Crippen molar-refractivity contribution < 1.29 is 43.1 Å². The summed E-state index contributed by atoms with van der Waals surface area (Å²) in [5.74, 6) is 6.68. The highest BCUT2D eigenvalue weighted by Crippen LogP contribution is 2.45. The van der Waals surface area contributed by atoms with Gasteiger partial charge in [-0.25, -0.2) is 19.9 Å². The number of H-pyrrole nitrogens is 4. The van der Waals surface area contributed by atoms with Crippen LogP contribution in [0.4, 0.5) is 17.1 Å². The molecule has 9 atom stereocenters. The summed E-state index contributed by atoms with van der Waals surface area (Å²) in [5, 5.41) is 24.7. The maximum absolute atomic E-state index is 12.9. The van der Waals surface area contributed by atoms with Crippen molar-refractivity contribution in [1.82, 2.24) is 66.5 Å². The van der Waals surface area contributed by atoms with Crippen LogP contribution in [0, 0.1) is 35.5 Å². The molecule has 0 saturated heterocycles. The Morgan fingerprint density at radius 1 is 0.281 bits per heavy atom. The number of methoxy groups -OCH3 is 1. The zero-order chi connectivity index (χ0) is 96.0. The normalized spacial score (nSPS) is 20.3. The molecule has 6 aliphatic carbocycles. The summed E-state index contributed by atoms with van der Waals surface area (Å²) in [5.41, 5.74) is 17.0. The van der Waals surface area contributed by atoms with E-state index in [1.165, 1.54) is 83.5 Å². The van der Waals surface area contributed by atoms with E-state index in [-0.39, 0.29) is 71.4 Å². The number of nitrogens with zero attached hydrogens (tertiary/aromatic N) is 4. The molecular weight excluding hydrogens is 1740 g/mol. The zero-order valence-corrected chi connectivity index (χ0v) is 79.2. The number of nitrogens with one attached hydrogen (secondary N) is 12. The molecule has 25 heteroatoms. The molecule has 4 heterocycles. The molecule has 9 unspecified atom stereocenters. The number of hydrogen-bond donors (Lipinski definition) is 12. The van der Waals surface area contributed by atoms with Gasteiger partial charge in [-0.15, -0.1) is 0 Å². The maximum atomic E-state index is 12.9. The average Bonchev–Trinajstić information content (AvgIpc) is 1.66. The lowest BCUT2D eigenvalue weighted by atomic mass is 9.86. The van der Waals surface area contributed by atoms with Gasteiger partial charge in [0.05, 0.1) is 51.2 Å². The highest BCUT2D eigenvalue weighted by molar-refractivity contribution is 6.08. The Morgan fingerprint density at radius 2 is 0.576 bits per heavy atom. The standard InChI is InChI=1S/C29H30N4O3.C29H34N4O2.2C28H28N4O2/c1-18-5-3-4-6-24(18)33-29(35)21-11-16-25-26(17-21)32-27(31-25)19-7-9-20(10-8-19)28(34)30-22-12-14-23(36-2)15-13-22;1-17-4-2-3-5-23(17)32-29(35)22-12-13-24-26(16-22)31-27(30-24)19-8-10-20(11-9-19)28(34)33-25-15-18-6-7-21(25)14-18;1-18-7-5-6-10-23(18)32-27(33)20-13-11-19(12-14-20)26-30-24-16-15-21(17-25(24)31-26)28(34)29-22-8-3-2-4-9-22;1-18-7-14-23(15-8-18)30-27(33)20-11-9-19(10-12-20)26-31-24-16-13-21(17-25(24)32-26)28(34)29-22-5-3-2-4-6-22/h7-18,24H,3-6H2,1-2H3,(H,30,34)(H,31,32)(H,33,35);8-13,16-18,21,23,25H,2-7,14-15H2,1H3,(H,30,31)(H,32,35)(H,33,34);2-4,8-9,11-18,23H,5-7,10H2,1H3,(H,29,34)(H,30,31)(H,32,33);2-6,9-13,16-18,23H,7-8,14-15H2,1H3,(H,29,34)(H,30,33)(H,31,32). The monoisotopic (exact) mass is 1860 g/mol. The van der Waals surface area contributed by atoms with Gasteiger partial charge in [0.25, 0.3) is 47.3 Å². The van der Waals surface area contributed by atoms with E-state index < -0.39 is 0 Å². The molecule has 8 amide bonds. The Kier molecular flexibility index (Phi) is 29.5. The number of aromatic amines is 4. The van der Waals surface area contributed by atoms with E-state index in [1.54, 1.807) is 67.8 Å². The van der Waals surface area contributed by atoms with Crippen molar-refractivity contribution in [2.24, 2.45) is 35.5 Å². The summed E-state index contributed by atoms with van der Waals surface area (Å²) < 4.78 is 5.15. The minimum Gasteiger partial charge on any atom is -0.497 e. The number of ether oxygens (including phenoxy) is 1. The van der Waals surface area contributed by atoms with Crippen LogP contribution in [0.5, 0.6) is 5.75 Å². The van der Waals surface area contributed by atoms with Crippen LogP contribution in [-0.2, 0) is 0 Å². The van der Waals surface area contributed by atoms with Gasteiger partial charge in [0.1, 0.15) is 29.0 Å². The average molecular weight is 1860 g/mol. The number of amides is 8. The second-order valence-electron chi connectivity index (χ2n) is 38.6. The second kappa shape index (κ2) is 43.5. The lowest BCUT2D eigenvalue weighted by Gasteiger charge is -2.29. The largest absolute Gasteiger partial charge is 0.497 e. The number of aromatic nitrogens is 8. The van der Waals surface area contributed by atoms with Crippen LogP contribution in [0.15, 0.2) is 255 Å². The summed E-state index contributed by atoms with van der Waals surface area (Å²) in [7, 11) is 1.60. The molecule has 0 aliphatic heterocycles. The zero-order valence-electron chi connectivity index (χ0n) is 79.2. The predicted molar refractivity (Wildman–Crippen MR) is 548 cm³/mol. The molecular formula is C114H120N16O9. The molecule has 12 N–H and O–H groups in total. The van der Waals surface area contributed by atoms with Gasteiger partial charge in [-0.05, 0) is 289 Å². The number of carbonyl (C=O) groups is 8. The number of para-hydroxylation sites is 2. The molecule has 6 aliphatic rings. The molecule has 2 bridgehead atoms. The van der Waals surface area contributed by atoms with E-state index >= 15 is 0 Å². The van der Waals surface area contributed by atoms with Crippen LogP contribution in [0.2, 0.25) is 0 Å². The smallest absolute Gasteiger partial charge is 0.255 e. The maximum Gasteiger partial charge on any atom is 0.255 e. The van der Waals surface area contributed by atoms with E-state index in [9.17, 15) is 38.4 Å². The summed E-state index contributed by atoms with van der Waals surface area (Å²) in [4.78, 5) is 134. The number of imidazole rings is 4. The van der Waals surface area contributed by atoms with E-state index in [0.717, 1.165) is 146 Å². The fourth-order valence-corrected chi connectivity index (χ4v) is 20.3. The number of hydrogen-bond acceptors (Lipinski definition) is 13. The van der Waals surface area contributed by atoms with Crippen LogP contribution >= 0.6 is 0 Å². The summed E-state index contributed by atoms with van der Waals surface area (Å²) in [6.07, 6.45) is 23.4. The molecule has 4 aromatic heterocycles. The highest BCUT2D eigenvalue weighted by atomic mass is 16.5. The Labute approximate surface area is 808 Å². The van der Waals surface area contributed by atoms with E-state index in [1.807, 2.05) is 194 Å². The van der Waals surface area contributed by atoms with Gasteiger partial charge >= 0.3 is 0 Å².